The number of nitrogens with one attached hydrogen (secondary N) is 2. The van der Waals surface area contributed by atoms with Gasteiger partial charge in [0.2, 0.25) is 0 Å². The number of nitrogens with zero attached hydrogens (tertiary/aromatic N) is 2. The summed E-state index contributed by atoms with van der Waals surface area (Å²) in [5, 5.41) is 13.8. The molecule has 5 heteroatoms. The van der Waals surface area contributed by atoms with Gasteiger partial charge in [-0.1, -0.05) is 42.5 Å². The van der Waals surface area contributed by atoms with Crippen molar-refractivity contribution in [3.05, 3.63) is 82.0 Å². The summed E-state index contributed by atoms with van der Waals surface area (Å²) in [5.41, 5.74) is 5.19. The van der Waals surface area contributed by atoms with E-state index in [9.17, 15) is 0 Å². The minimum Gasteiger partial charge on any atom is -0.368 e. The maximum absolute atomic E-state index is 8.42. The number of hydrogen-bond acceptors (Lipinski definition) is 4. The Morgan fingerprint density at radius 3 is 2.72 bits per heavy atom. The molecule has 0 saturated carbocycles. The van der Waals surface area contributed by atoms with Gasteiger partial charge in [0.05, 0.1) is 4.88 Å². The summed E-state index contributed by atoms with van der Waals surface area (Å²) in [5.74, 6) is 0.470. The van der Waals surface area contributed by atoms with E-state index in [1.807, 2.05) is 17.5 Å². The van der Waals surface area contributed by atoms with E-state index in [4.69, 9.17) is 5.41 Å². The van der Waals surface area contributed by atoms with Crippen molar-refractivity contribution >= 4 is 28.5 Å². The first-order valence-electron chi connectivity index (χ1n) is 11.7. The van der Waals surface area contributed by atoms with Crippen LogP contribution in [0.2, 0.25) is 0 Å². The molecule has 3 aromatic rings. The molecule has 0 bridgehead atoms. The molecular weight excluding hydrogens is 412 g/mol. The highest BCUT2D eigenvalue weighted by Crippen LogP contribution is 2.36. The average Bonchev–Trinajstić information content (AvgIpc) is 3.54. The summed E-state index contributed by atoms with van der Waals surface area (Å²) in [6, 6.07) is 22.7. The van der Waals surface area contributed by atoms with Crippen LogP contribution < -0.4 is 10.2 Å². The molecule has 32 heavy (non-hydrogen) atoms. The third-order valence-corrected chi connectivity index (χ3v) is 7.90. The van der Waals surface area contributed by atoms with Crippen LogP contribution in [-0.2, 0) is 12.8 Å². The van der Waals surface area contributed by atoms with Gasteiger partial charge in [-0.15, -0.1) is 11.3 Å². The van der Waals surface area contributed by atoms with Crippen molar-refractivity contribution in [1.29, 1.82) is 5.41 Å². The molecule has 2 N–H and O–H groups in total. The molecule has 3 heterocycles. The molecular formula is C27H32N4S. The van der Waals surface area contributed by atoms with Crippen molar-refractivity contribution in [2.45, 2.75) is 44.2 Å². The van der Waals surface area contributed by atoms with E-state index in [-0.39, 0.29) is 0 Å². The van der Waals surface area contributed by atoms with E-state index in [0.29, 0.717) is 17.9 Å². The minimum absolute atomic E-state index is 0.470. The number of fused-ring (bicyclic) bond motifs is 1. The minimum atomic E-state index is 0.470. The van der Waals surface area contributed by atoms with Crippen molar-refractivity contribution in [2.24, 2.45) is 0 Å². The quantitative estimate of drug-likeness (QED) is 0.366. The van der Waals surface area contributed by atoms with Crippen LogP contribution in [0.25, 0.3) is 0 Å². The molecule has 1 aromatic heterocycles. The van der Waals surface area contributed by atoms with E-state index < -0.39 is 0 Å². The molecule has 0 spiro atoms. The Balaban J connectivity index is 1.36. The Labute approximate surface area is 195 Å². The number of hydrogen-bond donors (Lipinski definition) is 2. The normalized spacial score (nSPS) is 20.5. The molecule has 2 atom stereocenters. The van der Waals surface area contributed by atoms with Gasteiger partial charge in [-0.2, -0.15) is 0 Å². The summed E-state index contributed by atoms with van der Waals surface area (Å²) in [6.45, 7) is 2.32. The fourth-order valence-corrected chi connectivity index (χ4v) is 5.90. The number of benzene rings is 2. The number of rotatable bonds is 7. The average molecular weight is 445 g/mol. The van der Waals surface area contributed by atoms with Gasteiger partial charge in [0, 0.05) is 30.0 Å². The summed E-state index contributed by atoms with van der Waals surface area (Å²) < 4.78 is 0. The maximum atomic E-state index is 8.42. The van der Waals surface area contributed by atoms with Crippen LogP contribution in [0, 0.1) is 5.41 Å². The zero-order chi connectivity index (χ0) is 21.9. The molecule has 4 nitrogen and oxygen atoms in total. The third-order valence-electron chi connectivity index (χ3n) is 7.02. The number of likely N-dealkylation sites (tertiary alicyclic amines) is 1. The maximum Gasteiger partial charge on any atom is 0.140 e. The van der Waals surface area contributed by atoms with Crippen molar-refractivity contribution in [1.82, 2.24) is 4.90 Å². The first kappa shape index (κ1) is 21.2. The lowest BCUT2D eigenvalue weighted by Gasteiger charge is -2.30. The largest absolute Gasteiger partial charge is 0.368 e. The van der Waals surface area contributed by atoms with Crippen LogP contribution in [0.4, 0.5) is 11.4 Å². The van der Waals surface area contributed by atoms with Gasteiger partial charge >= 0.3 is 0 Å². The first-order valence-corrected chi connectivity index (χ1v) is 12.6. The molecule has 2 unspecified atom stereocenters. The molecule has 0 amide bonds. The second kappa shape index (κ2) is 9.47. The second-order valence-corrected chi connectivity index (χ2v) is 10.1. The molecule has 5 rings (SSSR count). The Bertz CT molecular complexity index is 1050. The predicted molar refractivity (Wildman–Crippen MR) is 136 cm³/mol. The molecule has 2 aliphatic rings. The van der Waals surface area contributed by atoms with Crippen molar-refractivity contribution in [2.75, 3.05) is 30.4 Å². The molecule has 2 aliphatic heterocycles. The molecule has 1 fully saturated rings. The van der Waals surface area contributed by atoms with Crippen LogP contribution in [-0.4, -0.2) is 43.0 Å². The van der Waals surface area contributed by atoms with Crippen molar-refractivity contribution < 1.29 is 0 Å². The Hall–Kier alpha value is -2.63. The lowest BCUT2D eigenvalue weighted by Crippen LogP contribution is -2.37. The van der Waals surface area contributed by atoms with E-state index in [1.165, 1.54) is 42.6 Å². The monoisotopic (exact) mass is 444 g/mol. The molecule has 166 valence electrons. The Morgan fingerprint density at radius 1 is 1.09 bits per heavy atom. The Morgan fingerprint density at radius 2 is 1.97 bits per heavy atom. The molecule has 2 aromatic carbocycles. The van der Waals surface area contributed by atoms with Crippen LogP contribution in [0.1, 0.15) is 35.3 Å². The first-order chi connectivity index (χ1) is 15.7. The van der Waals surface area contributed by atoms with Crippen LogP contribution in [0.5, 0.6) is 0 Å². The SMILES string of the molecule is CN1CCCC1CCN1c2cc(NC(=N)c3cccs3)ccc2CC1Cc1ccccc1. The topological polar surface area (TPSA) is 42.4 Å². The lowest BCUT2D eigenvalue weighted by atomic mass is 10.0. The fourth-order valence-electron chi connectivity index (χ4n) is 5.27. The van der Waals surface area contributed by atoms with Crippen molar-refractivity contribution in [3.8, 4) is 0 Å². The van der Waals surface area contributed by atoms with Gasteiger partial charge in [0.1, 0.15) is 5.84 Å². The van der Waals surface area contributed by atoms with E-state index in [0.717, 1.165) is 30.0 Å². The van der Waals surface area contributed by atoms with Crippen LogP contribution >= 0.6 is 11.3 Å². The van der Waals surface area contributed by atoms with Gasteiger partial charge in [0.25, 0.3) is 0 Å². The zero-order valence-corrected chi connectivity index (χ0v) is 19.6. The van der Waals surface area contributed by atoms with Gasteiger partial charge in [-0.05, 0) is 80.4 Å². The van der Waals surface area contributed by atoms with Crippen LogP contribution in [0.15, 0.2) is 66.0 Å². The predicted octanol–water partition coefficient (Wildman–Crippen LogP) is 5.64. The summed E-state index contributed by atoms with van der Waals surface area (Å²) >= 11 is 1.60. The Kier molecular flexibility index (Phi) is 6.28. The van der Waals surface area contributed by atoms with E-state index in [1.54, 1.807) is 11.3 Å². The molecule has 0 aliphatic carbocycles. The number of thiophene rings is 1. The summed E-state index contributed by atoms with van der Waals surface area (Å²) in [7, 11) is 2.27. The highest BCUT2D eigenvalue weighted by atomic mass is 32.1. The van der Waals surface area contributed by atoms with E-state index in [2.05, 4.69) is 70.7 Å². The highest BCUT2D eigenvalue weighted by Gasteiger charge is 2.31. The highest BCUT2D eigenvalue weighted by molar-refractivity contribution is 7.12. The fraction of sp³-hybridized carbons (Fsp3) is 0.370. The number of amidine groups is 1. The molecule has 1 saturated heterocycles. The zero-order valence-electron chi connectivity index (χ0n) is 18.8. The van der Waals surface area contributed by atoms with Gasteiger partial charge in [0.15, 0.2) is 0 Å². The second-order valence-electron chi connectivity index (χ2n) is 9.13. The number of anilines is 2. The van der Waals surface area contributed by atoms with Gasteiger partial charge < -0.3 is 15.1 Å². The third kappa shape index (κ3) is 4.59. The summed E-state index contributed by atoms with van der Waals surface area (Å²) in [4.78, 5) is 6.14. The lowest BCUT2D eigenvalue weighted by molar-refractivity contribution is 0.296. The summed E-state index contributed by atoms with van der Waals surface area (Å²) in [6.07, 6.45) is 6.02. The smallest absolute Gasteiger partial charge is 0.140 e. The van der Waals surface area contributed by atoms with Gasteiger partial charge in [-0.3, -0.25) is 5.41 Å². The van der Waals surface area contributed by atoms with Crippen molar-refractivity contribution in [3.63, 3.8) is 0 Å². The standard InChI is InChI=1S/C27H32N4S/c1-30-14-5-9-23(30)13-15-31-24(17-20-7-3-2-4-8-20)18-21-11-12-22(19-25(21)31)29-27(28)26-10-6-16-32-26/h2-4,6-8,10-12,16,19,23-24H,5,9,13-15,17-18H2,1H3,(H2,28,29). The molecule has 0 radical (unpaired) electrons. The van der Waals surface area contributed by atoms with E-state index >= 15 is 0 Å². The van der Waals surface area contributed by atoms with Gasteiger partial charge in [-0.25, -0.2) is 0 Å². The van der Waals surface area contributed by atoms with Crippen LogP contribution in [0.3, 0.4) is 0 Å².